The van der Waals surface area contributed by atoms with E-state index in [2.05, 4.69) is 15.8 Å². The number of carboxylic acid groups (broad SMARTS) is 1. The fraction of sp³-hybridized carbons (Fsp3) is 0.120. The van der Waals surface area contributed by atoms with Crippen molar-refractivity contribution in [1.82, 2.24) is 5.43 Å². The minimum atomic E-state index is -1.02. The first-order chi connectivity index (χ1) is 15.4. The molecule has 0 saturated carbocycles. The number of hydrogen-bond donors (Lipinski definition) is 3. The minimum absolute atomic E-state index is 0.0874. The van der Waals surface area contributed by atoms with E-state index < -0.39 is 5.97 Å². The molecule has 0 atom stereocenters. The summed E-state index contributed by atoms with van der Waals surface area (Å²) in [5.41, 5.74) is 7.09. The van der Waals surface area contributed by atoms with Crippen LogP contribution in [-0.2, 0) is 9.59 Å². The molecule has 0 fully saturated rings. The van der Waals surface area contributed by atoms with Crippen molar-refractivity contribution in [3.8, 4) is 11.1 Å². The van der Waals surface area contributed by atoms with Gasteiger partial charge in [0.15, 0.2) is 0 Å². The summed E-state index contributed by atoms with van der Waals surface area (Å²) in [6, 6.07) is 24.1. The summed E-state index contributed by atoms with van der Waals surface area (Å²) < 4.78 is 0. The van der Waals surface area contributed by atoms with Gasteiger partial charge >= 0.3 is 5.97 Å². The predicted molar refractivity (Wildman–Crippen MR) is 123 cm³/mol. The van der Waals surface area contributed by atoms with Crippen molar-refractivity contribution in [3.05, 3.63) is 90.0 Å². The molecule has 162 valence electrons. The Bertz CT molecular complexity index is 1120. The molecule has 0 aliphatic rings. The summed E-state index contributed by atoms with van der Waals surface area (Å²) in [7, 11) is 0. The summed E-state index contributed by atoms with van der Waals surface area (Å²) in [6.45, 7) is 1.76. The Morgan fingerprint density at radius 2 is 1.38 bits per heavy atom. The van der Waals surface area contributed by atoms with Gasteiger partial charge in [-0.1, -0.05) is 54.6 Å². The fourth-order valence-corrected chi connectivity index (χ4v) is 2.95. The highest BCUT2D eigenvalue weighted by atomic mass is 16.4. The van der Waals surface area contributed by atoms with Gasteiger partial charge < -0.3 is 10.4 Å². The lowest BCUT2D eigenvalue weighted by Gasteiger charge is -2.07. The number of benzene rings is 3. The molecule has 7 heteroatoms. The molecule has 0 spiro atoms. The number of nitrogens with one attached hydrogen (secondary N) is 2. The quantitative estimate of drug-likeness (QED) is 0.366. The highest BCUT2D eigenvalue weighted by Gasteiger charge is 2.08. The van der Waals surface area contributed by atoms with Gasteiger partial charge in [-0.05, 0) is 47.9 Å². The topological polar surface area (TPSA) is 108 Å². The van der Waals surface area contributed by atoms with Gasteiger partial charge in [0.1, 0.15) is 0 Å². The minimum Gasteiger partial charge on any atom is -0.481 e. The number of carbonyl (C=O) groups excluding carboxylic acids is 2. The Labute approximate surface area is 185 Å². The van der Waals surface area contributed by atoms with Gasteiger partial charge in [0, 0.05) is 17.7 Å². The Morgan fingerprint density at radius 3 is 2.00 bits per heavy atom. The third-order valence-electron chi connectivity index (χ3n) is 4.73. The van der Waals surface area contributed by atoms with Crippen LogP contribution in [0.1, 0.15) is 35.7 Å². The number of aliphatic carboxylic acids is 1. The Hall–Kier alpha value is -4.26. The highest BCUT2D eigenvalue weighted by molar-refractivity contribution is 6.01. The van der Waals surface area contributed by atoms with Gasteiger partial charge in [-0.15, -0.1) is 0 Å². The monoisotopic (exact) mass is 429 g/mol. The Balaban J connectivity index is 1.57. The van der Waals surface area contributed by atoms with Crippen molar-refractivity contribution in [2.45, 2.75) is 19.8 Å². The van der Waals surface area contributed by atoms with E-state index in [1.807, 2.05) is 42.5 Å². The zero-order valence-electron chi connectivity index (χ0n) is 17.5. The standard InChI is InChI=1S/C25H23N3O4/c1-17(18-11-13-22(14-12-18)26-23(29)15-16-24(30)31)27-28-25(32)21-9-7-20(8-10-21)19-5-3-2-4-6-19/h2-14H,15-16H2,1H3,(H,26,29)(H,28,32)(H,30,31)/b27-17+. The van der Waals surface area contributed by atoms with Crippen molar-refractivity contribution in [2.75, 3.05) is 5.32 Å². The number of hydrazone groups is 1. The van der Waals surface area contributed by atoms with E-state index in [0.29, 0.717) is 17.0 Å². The molecule has 3 aromatic rings. The van der Waals surface area contributed by atoms with Crippen LogP contribution in [0.2, 0.25) is 0 Å². The maximum Gasteiger partial charge on any atom is 0.303 e. The number of hydrogen-bond acceptors (Lipinski definition) is 4. The van der Waals surface area contributed by atoms with Crippen LogP contribution < -0.4 is 10.7 Å². The van der Waals surface area contributed by atoms with E-state index >= 15 is 0 Å². The molecular weight excluding hydrogens is 406 g/mol. The first-order valence-corrected chi connectivity index (χ1v) is 10.0. The molecule has 3 rings (SSSR count). The number of rotatable bonds is 8. The summed E-state index contributed by atoms with van der Waals surface area (Å²) in [6.07, 6.45) is -0.305. The number of nitrogens with zero attached hydrogens (tertiary/aromatic N) is 1. The molecule has 0 radical (unpaired) electrons. The Morgan fingerprint density at radius 1 is 0.781 bits per heavy atom. The molecule has 3 aromatic carbocycles. The molecule has 0 saturated heterocycles. The second-order valence-corrected chi connectivity index (χ2v) is 7.10. The van der Waals surface area contributed by atoms with Crippen LogP contribution in [0.15, 0.2) is 84.0 Å². The predicted octanol–water partition coefficient (Wildman–Crippen LogP) is 4.31. The number of anilines is 1. The van der Waals surface area contributed by atoms with Crippen LogP contribution in [0.4, 0.5) is 5.69 Å². The molecule has 0 aliphatic carbocycles. The van der Waals surface area contributed by atoms with E-state index in [-0.39, 0.29) is 24.7 Å². The summed E-state index contributed by atoms with van der Waals surface area (Å²) in [4.78, 5) is 34.6. The number of carboxylic acids is 1. The molecule has 0 heterocycles. The van der Waals surface area contributed by atoms with E-state index in [1.165, 1.54) is 0 Å². The van der Waals surface area contributed by atoms with Gasteiger partial charge in [-0.25, -0.2) is 5.43 Å². The van der Waals surface area contributed by atoms with Crippen molar-refractivity contribution in [3.63, 3.8) is 0 Å². The molecule has 7 nitrogen and oxygen atoms in total. The lowest BCUT2D eigenvalue weighted by molar-refractivity contribution is -0.138. The molecule has 32 heavy (non-hydrogen) atoms. The summed E-state index contributed by atoms with van der Waals surface area (Å²) in [5, 5.41) is 15.4. The van der Waals surface area contributed by atoms with E-state index in [4.69, 9.17) is 5.11 Å². The van der Waals surface area contributed by atoms with E-state index in [1.54, 1.807) is 43.3 Å². The first kappa shape index (κ1) is 22.4. The fourth-order valence-electron chi connectivity index (χ4n) is 2.95. The lowest BCUT2D eigenvalue weighted by Crippen LogP contribution is -2.19. The van der Waals surface area contributed by atoms with Crippen LogP contribution in [0.25, 0.3) is 11.1 Å². The van der Waals surface area contributed by atoms with Crippen LogP contribution in [0, 0.1) is 0 Å². The van der Waals surface area contributed by atoms with Gasteiger partial charge in [-0.3, -0.25) is 14.4 Å². The normalized spacial score (nSPS) is 11.0. The Kier molecular flexibility index (Phi) is 7.48. The number of carbonyl (C=O) groups is 3. The zero-order chi connectivity index (χ0) is 22.9. The van der Waals surface area contributed by atoms with Crippen LogP contribution >= 0.6 is 0 Å². The SMILES string of the molecule is C/C(=N\NC(=O)c1ccc(-c2ccccc2)cc1)c1ccc(NC(=O)CCC(=O)O)cc1. The maximum absolute atomic E-state index is 12.4. The van der Waals surface area contributed by atoms with Gasteiger partial charge in [0.25, 0.3) is 5.91 Å². The molecular formula is C25H23N3O4. The second kappa shape index (κ2) is 10.7. The average Bonchev–Trinajstić information content (AvgIpc) is 2.82. The molecule has 0 unspecified atom stereocenters. The van der Waals surface area contributed by atoms with Gasteiger partial charge in [0.05, 0.1) is 12.1 Å². The molecule has 0 aliphatic heterocycles. The lowest BCUT2D eigenvalue weighted by atomic mass is 10.0. The van der Waals surface area contributed by atoms with Crippen LogP contribution in [-0.4, -0.2) is 28.6 Å². The highest BCUT2D eigenvalue weighted by Crippen LogP contribution is 2.19. The van der Waals surface area contributed by atoms with Crippen LogP contribution in [0.3, 0.4) is 0 Å². The van der Waals surface area contributed by atoms with E-state index in [0.717, 1.165) is 16.7 Å². The van der Waals surface area contributed by atoms with Crippen molar-refractivity contribution >= 4 is 29.2 Å². The zero-order valence-corrected chi connectivity index (χ0v) is 17.5. The third kappa shape index (κ3) is 6.37. The summed E-state index contributed by atoms with van der Waals surface area (Å²) >= 11 is 0. The summed E-state index contributed by atoms with van der Waals surface area (Å²) in [5.74, 6) is -1.70. The smallest absolute Gasteiger partial charge is 0.303 e. The largest absolute Gasteiger partial charge is 0.481 e. The second-order valence-electron chi connectivity index (χ2n) is 7.10. The van der Waals surface area contributed by atoms with Crippen molar-refractivity contribution in [2.24, 2.45) is 5.10 Å². The molecule has 2 amide bonds. The van der Waals surface area contributed by atoms with Crippen LogP contribution in [0.5, 0.6) is 0 Å². The van der Waals surface area contributed by atoms with E-state index in [9.17, 15) is 14.4 Å². The first-order valence-electron chi connectivity index (χ1n) is 10.0. The average molecular weight is 429 g/mol. The molecule has 0 bridgehead atoms. The molecule has 3 N–H and O–H groups in total. The third-order valence-corrected chi connectivity index (χ3v) is 4.73. The number of amides is 2. The van der Waals surface area contributed by atoms with Crippen molar-refractivity contribution in [1.29, 1.82) is 0 Å². The van der Waals surface area contributed by atoms with Gasteiger partial charge in [0.2, 0.25) is 5.91 Å². The maximum atomic E-state index is 12.4. The van der Waals surface area contributed by atoms with Gasteiger partial charge in [-0.2, -0.15) is 5.10 Å². The molecule has 0 aromatic heterocycles. The van der Waals surface area contributed by atoms with Crippen molar-refractivity contribution < 1.29 is 19.5 Å².